The van der Waals surface area contributed by atoms with E-state index in [1.54, 1.807) is 12.1 Å². The highest BCUT2D eigenvalue weighted by Crippen LogP contribution is 2.32. The fourth-order valence-corrected chi connectivity index (χ4v) is 3.15. The van der Waals surface area contributed by atoms with Crippen LogP contribution in [0.25, 0.3) is 12.2 Å². The van der Waals surface area contributed by atoms with Gasteiger partial charge < -0.3 is 14.8 Å². The maximum absolute atomic E-state index is 12.1. The molecule has 0 aliphatic carbocycles. The Morgan fingerprint density at radius 1 is 1.38 bits per heavy atom. The Balaban J connectivity index is 2.54. The number of phenolic OH excluding ortho intramolecular Hbond substituents is 1. The Bertz CT molecular complexity index is 950. The summed E-state index contributed by atoms with van der Waals surface area (Å²) in [4.78, 5) is 26.8. The van der Waals surface area contributed by atoms with Crippen LogP contribution in [0.4, 0.5) is 0 Å². The van der Waals surface area contributed by atoms with E-state index in [9.17, 15) is 14.7 Å². The third kappa shape index (κ3) is 4.15. The summed E-state index contributed by atoms with van der Waals surface area (Å²) in [5.74, 6) is 0.258. The van der Waals surface area contributed by atoms with E-state index in [1.807, 2.05) is 20.8 Å². The predicted molar refractivity (Wildman–Crippen MR) is 99.0 cm³/mol. The molecule has 2 aromatic rings. The van der Waals surface area contributed by atoms with Crippen molar-refractivity contribution in [2.24, 2.45) is 5.41 Å². The number of ether oxygens (including phenoxy) is 1. The Labute approximate surface area is 151 Å². The van der Waals surface area contributed by atoms with Gasteiger partial charge in [-0.05, 0) is 23.8 Å². The molecule has 128 valence electrons. The molecule has 0 aliphatic heterocycles. The molecular formula is C17H18BrNO4S. The van der Waals surface area contributed by atoms with Gasteiger partial charge in [0.1, 0.15) is 0 Å². The van der Waals surface area contributed by atoms with Crippen LogP contribution in [0.2, 0.25) is 0 Å². The molecule has 0 saturated carbocycles. The second-order valence-electron chi connectivity index (χ2n) is 6.23. The number of aromatic nitrogens is 1. The SMILES string of the molecule is COc1cc(Br)c(/C=c2\s/c(=C\C(=O)C(C)(C)C)[nH]c2=O)cc1O. The maximum atomic E-state index is 12.1. The number of halogens is 1. The highest BCUT2D eigenvalue weighted by molar-refractivity contribution is 9.10. The van der Waals surface area contributed by atoms with Crippen molar-refractivity contribution in [3.05, 3.63) is 41.7 Å². The van der Waals surface area contributed by atoms with E-state index in [0.29, 0.717) is 25.0 Å². The van der Waals surface area contributed by atoms with Gasteiger partial charge >= 0.3 is 0 Å². The van der Waals surface area contributed by atoms with Crippen LogP contribution in [0.15, 0.2) is 21.4 Å². The third-order valence-electron chi connectivity index (χ3n) is 3.27. The second kappa shape index (κ2) is 6.94. The van der Waals surface area contributed by atoms with Crippen LogP contribution in [0.1, 0.15) is 26.3 Å². The summed E-state index contributed by atoms with van der Waals surface area (Å²) in [5, 5.41) is 9.88. The minimum atomic E-state index is -0.504. The molecule has 0 saturated heterocycles. The van der Waals surface area contributed by atoms with Crippen LogP contribution in [-0.2, 0) is 4.79 Å². The van der Waals surface area contributed by atoms with E-state index in [2.05, 4.69) is 20.9 Å². The van der Waals surface area contributed by atoms with Gasteiger partial charge in [0, 0.05) is 16.0 Å². The van der Waals surface area contributed by atoms with E-state index in [0.717, 1.165) is 0 Å². The van der Waals surface area contributed by atoms with Crippen molar-refractivity contribution in [2.45, 2.75) is 20.8 Å². The number of hydrogen-bond donors (Lipinski definition) is 2. The lowest BCUT2D eigenvalue weighted by Gasteiger charge is -2.12. The zero-order chi connectivity index (χ0) is 18.1. The average Bonchev–Trinajstić information content (AvgIpc) is 2.81. The van der Waals surface area contributed by atoms with Crippen molar-refractivity contribution < 1.29 is 14.6 Å². The van der Waals surface area contributed by atoms with Crippen LogP contribution in [0.5, 0.6) is 11.5 Å². The average molecular weight is 412 g/mol. The molecule has 0 unspecified atom stereocenters. The Kier molecular flexibility index (Phi) is 5.35. The Morgan fingerprint density at radius 3 is 2.62 bits per heavy atom. The summed E-state index contributed by atoms with van der Waals surface area (Å²) in [6, 6.07) is 3.13. The fourth-order valence-electron chi connectivity index (χ4n) is 1.84. The Hall–Kier alpha value is -1.86. The van der Waals surface area contributed by atoms with Gasteiger partial charge in [0.05, 0.1) is 16.3 Å². The van der Waals surface area contributed by atoms with Crippen LogP contribution >= 0.6 is 27.3 Å². The molecule has 1 aromatic carbocycles. The van der Waals surface area contributed by atoms with Gasteiger partial charge in [-0.2, -0.15) is 0 Å². The first kappa shape index (κ1) is 18.5. The minimum Gasteiger partial charge on any atom is -0.504 e. The number of methoxy groups -OCH3 is 1. The summed E-state index contributed by atoms with van der Waals surface area (Å²) in [6.45, 7) is 5.46. The number of H-pyrrole nitrogens is 1. The molecule has 0 radical (unpaired) electrons. The molecule has 24 heavy (non-hydrogen) atoms. The number of phenols is 1. The molecule has 0 bridgehead atoms. The van der Waals surface area contributed by atoms with Gasteiger partial charge in [0.25, 0.3) is 5.56 Å². The zero-order valence-corrected chi connectivity index (χ0v) is 16.2. The smallest absolute Gasteiger partial charge is 0.266 e. The first-order valence-corrected chi connectivity index (χ1v) is 8.76. The van der Waals surface area contributed by atoms with E-state index in [-0.39, 0.29) is 17.1 Å². The summed E-state index contributed by atoms with van der Waals surface area (Å²) in [7, 11) is 1.46. The first-order chi connectivity index (χ1) is 11.1. The number of rotatable bonds is 3. The molecule has 0 amide bonds. The van der Waals surface area contributed by atoms with Crippen molar-refractivity contribution >= 4 is 45.2 Å². The molecule has 2 rings (SSSR count). The summed E-state index contributed by atoms with van der Waals surface area (Å²) < 4.78 is 6.65. The molecule has 0 spiro atoms. The molecule has 1 aromatic heterocycles. The summed E-state index contributed by atoms with van der Waals surface area (Å²) in [5.41, 5.74) is -0.153. The highest BCUT2D eigenvalue weighted by Gasteiger charge is 2.18. The lowest BCUT2D eigenvalue weighted by molar-refractivity contribution is -0.119. The Morgan fingerprint density at radius 2 is 2.04 bits per heavy atom. The van der Waals surface area contributed by atoms with Gasteiger partial charge in [-0.15, -0.1) is 11.3 Å². The van der Waals surface area contributed by atoms with Gasteiger partial charge in [-0.1, -0.05) is 36.7 Å². The number of Topliss-reactive ketones (excluding diaryl/α,β-unsaturated/α-hetero) is 1. The van der Waals surface area contributed by atoms with Gasteiger partial charge in [0.2, 0.25) is 0 Å². The topological polar surface area (TPSA) is 79.4 Å². The number of nitrogens with one attached hydrogen (secondary N) is 1. The summed E-state index contributed by atoms with van der Waals surface area (Å²) in [6.07, 6.45) is 3.09. The summed E-state index contributed by atoms with van der Waals surface area (Å²) >= 11 is 4.58. The van der Waals surface area contributed by atoms with E-state index in [4.69, 9.17) is 4.74 Å². The quantitative estimate of drug-likeness (QED) is 0.810. The fraction of sp³-hybridized carbons (Fsp3) is 0.294. The number of hydrogen-bond acceptors (Lipinski definition) is 5. The minimum absolute atomic E-state index is 0.0189. The van der Waals surface area contributed by atoms with Crippen molar-refractivity contribution in [1.82, 2.24) is 4.98 Å². The highest BCUT2D eigenvalue weighted by atomic mass is 79.9. The van der Waals surface area contributed by atoms with Crippen LogP contribution in [-0.4, -0.2) is 23.0 Å². The monoisotopic (exact) mass is 411 g/mol. The number of ketones is 1. The molecule has 7 heteroatoms. The van der Waals surface area contributed by atoms with Crippen LogP contribution in [0, 0.1) is 5.41 Å². The molecule has 0 fully saturated rings. The van der Waals surface area contributed by atoms with Gasteiger partial charge in [0.15, 0.2) is 17.3 Å². The normalized spacial score (nSPS) is 13.4. The van der Waals surface area contributed by atoms with Crippen molar-refractivity contribution in [3.8, 4) is 11.5 Å². The lowest BCUT2D eigenvalue weighted by Crippen LogP contribution is -2.22. The lowest BCUT2D eigenvalue weighted by atomic mass is 9.91. The number of benzene rings is 1. The van der Waals surface area contributed by atoms with Gasteiger partial charge in [-0.3, -0.25) is 9.59 Å². The molecule has 5 nitrogen and oxygen atoms in total. The zero-order valence-electron chi connectivity index (χ0n) is 13.8. The van der Waals surface area contributed by atoms with Crippen LogP contribution in [0.3, 0.4) is 0 Å². The standard InChI is InChI=1S/C17H18BrNO4S/c1-17(2,3)14(21)8-15-19-16(22)13(24-15)6-9-5-11(20)12(23-4)7-10(9)18/h5-8,20H,1-4H3,(H,19,22)/b13-6-,15-8-. The number of carbonyl (C=O) groups excluding carboxylic acids is 1. The molecular weight excluding hydrogens is 394 g/mol. The third-order valence-corrected chi connectivity index (χ3v) is 4.92. The number of aromatic hydroxyl groups is 1. The van der Waals surface area contributed by atoms with Crippen molar-refractivity contribution in [3.63, 3.8) is 0 Å². The molecule has 0 aliphatic rings. The largest absolute Gasteiger partial charge is 0.504 e. The molecule has 0 atom stereocenters. The van der Waals surface area contributed by atoms with E-state index in [1.165, 1.54) is 30.6 Å². The van der Waals surface area contributed by atoms with Crippen molar-refractivity contribution in [1.29, 1.82) is 0 Å². The number of carbonyl (C=O) groups is 1. The van der Waals surface area contributed by atoms with E-state index >= 15 is 0 Å². The van der Waals surface area contributed by atoms with Crippen LogP contribution < -0.4 is 19.5 Å². The van der Waals surface area contributed by atoms with Crippen molar-refractivity contribution in [2.75, 3.05) is 7.11 Å². The van der Waals surface area contributed by atoms with E-state index < -0.39 is 5.41 Å². The first-order valence-electron chi connectivity index (χ1n) is 7.15. The van der Waals surface area contributed by atoms with Gasteiger partial charge in [-0.25, -0.2) is 0 Å². The predicted octanol–water partition coefficient (Wildman–Crippen LogP) is 2.14. The number of thiazole rings is 1. The second-order valence-corrected chi connectivity index (χ2v) is 8.17. The molecule has 2 N–H and O–H groups in total. The maximum Gasteiger partial charge on any atom is 0.266 e. The molecule has 1 heterocycles. The number of aromatic amines is 1.